The number of ether oxygens (including phenoxy) is 1. The van der Waals surface area contributed by atoms with Crippen molar-refractivity contribution in [2.75, 3.05) is 12.6 Å². The smallest absolute Gasteiger partial charge is 0.344 e. The number of para-hydroxylation sites is 1. The highest BCUT2D eigenvalue weighted by molar-refractivity contribution is 7.86. The number of hydrogen-bond donors (Lipinski definition) is 1. The maximum absolute atomic E-state index is 13.8. The van der Waals surface area contributed by atoms with Gasteiger partial charge in [-0.25, -0.2) is 5.09 Å². The van der Waals surface area contributed by atoms with E-state index in [1.807, 2.05) is 32.0 Å². The number of carbonyl (C=O) groups is 1. The van der Waals surface area contributed by atoms with E-state index in [1.165, 1.54) is 6.92 Å². The van der Waals surface area contributed by atoms with E-state index in [4.69, 9.17) is 13.4 Å². The number of benzene rings is 1. The molecule has 0 amide bonds. The molecule has 182 valence electrons. The molecule has 1 N–H and O–H groups in total. The Bertz CT molecular complexity index is 957. The molecule has 1 aliphatic carbocycles. The Balaban J connectivity index is 2.44. The molecular formula is C22H36NO7PS. The first-order valence-corrected chi connectivity index (χ1v) is 14.6. The van der Waals surface area contributed by atoms with Gasteiger partial charge in [0.15, 0.2) is 6.35 Å². The minimum Gasteiger partial charge on any atom is -0.462 e. The molecule has 0 radical (unpaired) electrons. The summed E-state index contributed by atoms with van der Waals surface area (Å²) in [5.41, 5.74) is 1.77. The Morgan fingerprint density at radius 1 is 1.12 bits per heavy atom. The van der Waals surface area contributed by atoms with E-state index < -0.39 is 36.0 Å². The highest BCUT2D eigenvalue weighted by Crippen LogP contribution is 2.51. The fourth-order valence-corrected chi connectivity index (χ4v) is 6.13. The Labute approximate surface area is 192 Å². The fraction of sp³-hybridized carbons (Fsp3) is 0.682. The van der Waals surface area contributed by atoms with Crippen LogP contribution < -0.4 is 9.61 Å². The van der Waals surface area contributed by atoms with Gasteiger partial charge < -0.3 is 9.26 Å². The first-order chi connectivity index (χ1) is 14.7. The van der Waals surface area contributed by atoms with Crippen molar-refractivity contribution in [3.8, 4) is 5.75 Å². The third-order valence-electron chi connectivity index (χ3n) is 5.29. The molecule has 1 fully saturated rings. The molecule has 1 aromatic carbocycles. The van der Waals surface area contributed by atoms with Crippen LogP contribution in [0.1, 0.15) is 77.3 Å². The van der Waals surface area contributed by atoms with Crippen molar-refractivity contribution in [3.05, 3.63) is 29.3 Å². The molecule has 1 aromatic rings. The van der Waals surface area contributed by atoms with Crippen LogP contribution in [0.2, 0.25) is 0 Å². The quantitative estimate of drug-likeness (QED) is 0.254. The van der Waals surface area contributed by atoms with Gasteiger partial charge >= 0.3 is 13.5 Å². The second-order valence-electron chi connectivity index (χ2n) is 9.10. The van der Waals surface area contributed by atoms with E-state index in [0.717, 1.165) is 30.2 Å². The van der Waals surface area contributed by atoms with Crippen molar-refractivity contribution in [3.63, 3.8) is 0 Å². The summed E-state index contributed by atoms with van der Waals surface area (Å²) in [6.07, 6.45) is 2.02. The summed E-state index contributed by atoms with van der Waals surface area (Å²) in [6, 6.07) is 4.80. The van der Waals surface area contributed by atoms with E-state index >= 15 is 0 Å². The zero-order valence-corrected chi connectivity index (χ0v) is 21.7. The van der Waals surface area contributed by atoms with Gasteiger partial charge in [0.05, 0.1) is 12.4 Å². The molecule has 10 heteroatoms. The minimum absolute atomic E-state index is 0.0731. The molecule has 8 nitrogen and oxygen atoms in total. The molecule has 0 aliphatic heterocycles. The Kier molecular flexibility index (Phi) is 8.96. The molecule has 0 spiro atoms. The van der Waals surface area contributed by atoms with Gasteiger partial charge in [-0.1, -0.05) is 39.0 Å². The van der Waals surface area contributed by atoms with Gasteiger partial charge in [-0.05, 0) is 62.5 Å². The van der Waals surface area contributed by atoms with Gasteiger partial charge in [-0.15, -0.1) is 0 Å². The van der Waals surface area contributed by atoms with Crippen molar-refractivity contribution >= 4 is 23.6 Å². The highest BCUT2D eigenvalue weighted by Gasteiger charge is 2.36. The number of rotatable bonds is 12. The summed E-state index contributed by atoms with van der Waals surface area (Å²) in [5, 5.41) is 2.67. The predicted molar refractivity (Wildman–Crippen MR) is 125 cm³/mol. The van der Waals surface area contributed by atoms with Gasteiger partial charge in [0.25, 0.3) is 10.1 Å². The van der Waals surface area contributed by atoms with Crippen molar-refractivity contribution in [2.45, 2.75) is 78.4 Å². The van der Waals surface area contributed by atoms with Crippen LogP contribution in [-0.2, 0) is 28.4 Å². The first-order valence-electron chi connectivity index (χ1n) is 11.0. The molecule has 1 aliphatic rings. The third kappa shape index (κ3) is 7.87. The monoisotopic (exact) mass is 489 g/mol. The summed E-state index contributed by atoms with van der Waals surface area (Å²) in [7, 11) is -7.88. The third-order valence-corrected chi connectivity index (χ3v) is 7.74. The van der Waals surface area contributed by atoms with Gasteiger partial charge in [0.1, 0.15) is 11.8 Å². The van der Waals surface area contributed by atoms with E-state index in [1.54, 1.807) is 13.8 Å². The van der Waals surface area contributed by atoms with E-state index in [0.29, 0.717) is 11.7 Å². The van der Waals surface area contributed by atoms with Crippen molar-refractivity contribution < 1.29 is 31.2 Å². The van der Waals surface area contributed by atoms with Crippen molar-refractivity contribution in [1.82, 2.24) is 5.09 Å². The summed E-state index contributed by atoms with van der Waals surface area (Å²) in [6.45, 7) is 11.0. The lowest BCUT2D eigenvalue weighted by Crippen LogP contribution is -2.37. The molecule has 2 rings (SSSR count). The van der Waals surface area contributed by atoms with E-state index in [-0.39, 0.29) is 17.9 Å². The second-order valence-corrected chi connectivity index (χ2v) is 12.8. The Hall–Kier alpha value is -1.41. The molecule has 32 heavy (non-hydrogen) atoms. The van der Waals surface area contributed by atoms with Crippen molar-refractivity contribution in [1.29, 1.82) is 0 Å². The predicted octanol–water partition coefficient (Wildman–Crippen LogP) is 4.76. The fourth-order valence-electron chi connectivity index (χ4n) is 3.43. The second kappa shape index (κ2) is 10.7. The van der Waals surface area contributed by atoms with Crippen LogP contribution in [0.5, 0.6) is 5.75 Å². The van der Waals surface area contributed by atoms with Crippen LogP contribution in [0, 0.1) is 5.92 Å². The largest absolute Gasteiger partial charge is 0.462 e. The number of hydrogen-bond acceptors (Lipinski definition) is 7. The highest BCUT2D eigenvalue weighted by atomic mass is 32.2. The SMILES string of the molecule is CC(C)OC(=O)[C@H](C)NP(=O)(COS(C)(=O)=O)Oc1c(C(C)C)cccc1[C@H](C)C1CC1. The normalized spacial score (nSPS) is 18.3. The van der Waals surface area contributed by atoms with Crippen LogP contribution in [0.3, 0.4) is 0 Å². The van der Waals surface area contributed by atoms with Crippen LogP contribution in [0.15, 0.2) is 18.2 Å². The Morgan fingerprint density at radius 2 is 1.72 bits per heavy atom. The molecule has 0 bridgehead atoms. The molecule has 3 atom stereocenters. The summed E-state index contributed by atoms with van der Waals surface area (Å²) >= 11 is 0. The zero-order valence-electron chi connectivity index (χ0n) is 20.0. The minimum atomic E-state index is -3.99. The number of carbonyl (C=O) groups excluding carboxylic acids is 1. The van der Waals surface area contributed by atoms with Gasteiger partial charge in [-0.3, -0.25) is 13.5 Å². The van der Waals surface area contributed by atoms with Gasteiger partial charge in [0, 0.05) is 0 Å². The molecule has 0 aromatic heterocycles. The standard InChI is InChI=1S/C22H36NO7PS/c1-14(2)19-9-8-10-20(16(5)18-11-12-18)21(19)30-31(25,13-28-32(7,26)27)23-17(6)22(24)29-15(3)4/h8-10,14-18H,11-13H2,1-7H3,(H,23,25)/t16-,17+,31?/m1/s1. The summed E-state index contributed by atoms with van der Waals surface area (Å²) in [5.74, 6) is 0.630. The van der Waals surface area contributed by atoms with Gasteiger partial charge in [-0.2, -0.15) is 8.42 Å². The lowest BCUT2D eigenvalue weighted by atomic mass is 9.90. The lowest BCUT2D eigenvalue weighted by molar-refractivity contribution is -0.149. The molecular weight excluding hydrogens is 453 g/mol. The zero-order chi connectivity index (χ0) is 24.3. The van der Waals surface area contributed by atoms with E-state index in [9.17, 15) is 17.8 Å². The van der Waals surface area contributed by atoms with Crippen molar-refractivity contribution in [2.24, 2.45) is 5.92 Å². The number of nitrogens with one attached hydrogen (secondary N) is 1. The van der Waals surface area contributed by atoms with Crippen LogP contribution in [0.4, 0.5) is 0 Å². The maximum Gasteiger partial charge on any atom is 0.344 e. The average molecular weight is 490 g/mol. The maximum atomic E-state index is 13.8. The molecule has 1 saturated carbocycles. The topological polar surface area (TPSA) is 108 Å². The Morgan fingerprint density at radius 3 is 2.22 bits per heavy atom. The molecule has 0 heterocycles. The lowest BCUT2D eigenvalue weighted by Gasteiger charge is -2.28. The van der Waals surface area contributed by atoms with Crippen LogP contribution in [-0.4, -0.2) is 39.1 Å². The number of esters is 1. The molecule has 1 unspecified atom stereocenters. The van der Waals surface area contributed by atoms with Gasteiger partial charge in [0.2, 0.25) is 0 Å². The van der Waals surface area contributed by atoms with Crippen LogP contribution >= 0.6 is 7.52 Å². The van der Waals surface area contributed by atoms with E-state index in [2.05, 4.69) is 12.0 Å². The average Bonchev–Trinajstić information content (AvgIpc) is 3.50. The van der Waals surface area contributed by atoms with Crippen LogP contribution in [0.25, 0.3) is 0 Å². The first kappa shape index (κ1) is 26.8. The summed E-state index contributed by atoms with van der Waals surface area (Å²) in [4.78, 5) is 12.3. The summed E-state index contributed by atoms with van der Waals surface area (Å²) < 4.78 is 53.2. The molecule has 0 saturated heterocycles.